The molecule has 0 saturated carbocycles. The number of esters is 1. The standard InChI is InChI=1S/C19H17FN2O4/c20-14-7-5-13(6-8-14)9-10-21-18(23)12-25-19(24)11-16-15-3-1-2-4-17(15)26-22-16/h1-8H,9-12H2,(H,21,23). The molecule has 2 aromatic carbocycles. The first-order valence-corrected chi connectivity index (χ1v) is 8.12. The van der Waals surface area contributed by atoms with Crippen LogP contribution in [0.4, 0.5) is 4.39 Å². The molecule has 0 radical (unpaired) electrons. The molecule has 0 aliphatic carbocycles. The van der Waals surface area contributed by atoms with E-state index < -0.39 is 11.9 Å². The van der Waals surface area contributed by atoms with Gasteiger partial charge in [-0.1, -0.05) is 29.4 Å². The molecule has 26 heavy (non-hydrogen) atoms. The predicted octanol–water partition coefficient (Wildman–Crippen LogP) is 2.41. The lowest BCUT2D eigenvalue weighted by molar-refractivity contribution is -0.147. The number of hydrogen-bond donors (Lipinski definition) is 1. The summed E-state index contributed by atoms with van der Waals surface area (Å²) in [4.78, 5) is 23.6. The fourth-order valence-electron chi connectivity index (χ4n) is 2.45. The number of amides is 1. The van der Waals surface area contributed by atoms with E-state index in [1.807, 2.05) is 12.1 Å². The van der Waals surface area contributed by atoms with Gasteiger partial charge in [0.25, 0.3) is 5.91 Å². The van der Waals surface area contributed by atoms with Crippen molar-refractivity contribution < 1.29 is 23.2 Å². The average molecular weight is 356 g/mol. The van der Waals surface area contributed by atoms with Gasteiger partial charge >= 0.3 is 5.97 Å². The van der Waals surface area contributed by atoms with Crippen molar-refractivity contribution in [3.05, 3.63) is 65.6 Å². The Labute approximate surface area is 148 Å². The van der Waals surface area contributed by atoms with Gasteiger partial charge in [0.15, 0.2) is 12.2 Å². The fraction of sp³-hybridized carbons (Fsp3) is 0.211. The second kappa shape index (κ2) is 8.24. The summed E-state index contributed by atoms with van der Waals surface area (Å²) in [6, 6.07) is 13.2. The molecule has 0 bridgehead atoms. The normalized spacial score (nSPS) is 10.7. The minimum atomic E-state index is -0.558. The topological polar surface area (TPSA) is 81.4 Å². The summed E-state index contributed by atoms with van der Waals surface area (Å²) < 4.78 is 22.9. The molecule has 6 nitrogen and oxygen atoms in total. The lowest BCUT2D eigenvalue weighted by atomic mass is 10.1. The van der Waals surface area contributed by atoms with Crippen LogP contribution in [0.5, 0.6) is 0 Å². The van der Waals surface area contributed by atoms with Crippen LogP contribution in [0.25, 0.3) is 11.0 Å². The predicted molar refractivity (Wildman–Crippen MR) is 91.8 cm³/mol. The SMILES string of the molecule is O=C(COC(=O)Cc1noc2ccccc12)NCCc1ccc(F)cc1. The summed E-state index contributed by atoms with van der Waals surface area (Å²) in [7, 11) is 0. The van der Waals surface area contributed by atoms with Crippen LogP contribution < -0.4 is 5.32 Å². The Balaban J connectivity index is 1.39. The number of ether oxygens (including phenoxy) is 1. The molecule has 0 fully saturated rings. The van der Waals surface area contributed by atoms with E-state index in [0.717, 1.165) is 10.9 Å². The highest BCUT2D eigenvalue weighted by atomic mass is 19.1. The number of carbonyl (C=O) groups is 2. The molecular formula is C19H17FN2O4. The van der Waals surface area contributed by atoms with Gasteiger partial charge in [-0.05, 0) is 36.2 Å². The lowest BCUT2D eigenvalue weighted by Crippen LogP contribution is -2.30. The summed E-state index contributed by atoms with van der Waals surface area (Å²) in [6.45, 7) is 0.00791. The number of nitrogens with zero attached hydrogens (tertiary/aromatic N) is 1. The highest BCUT2D eigenvalue weighted by Crippen LogP contribution is 2.18. The zero-order valence-electron chi connectivity index (χ0n) is 13.9. The summed E-state index contributed by atoms with van der Waals surface area (Å²) in [5.74, 6) is -1.26. The Kier molecular flexibility index (Phi) is 5.58. The third-order valence-electron chi connectivity index (χ3n) is 3.78. The van der Waals surface area contributed by atoms with E-state index in [4.69, 9.17) is 9.26 Å². The molecule has 134 valence electrons. The van der Waals surface area contributed by atoms with E-state index >= 15 is 0 Å². The van der Waals surface area contributed by atoms with E-state index in [9.17, 15) is 14.0 Å². The van der Waals surface area contributed by atoms with E-state index in [-0.39, 0.29) is 18.8 Å². The van der Waals surface area contributed by atoms with Crippen LogP contribution in [-0.2, 0) is 27.2 Å². The highest BCUT2D eigenvalue weighted by molar-refractivity contribution is 5.85. The maximum Gasteiger partial charge on any atom is 0.312 e. The minimum Gasteiger partial charge on any atom is -0.455 e. The molecule has 1 aromatic heterocycles. The maximum atomic E-state index is 12.8. The van der Waals surface area contributed by atoms with Crippen molar-refractivity contribution >= 4 is 22.8 Å². The monoisotopic (exact) mass is 356 g/mol. The molecule has 1 amide bonds. The Hall–Kier alpha value is -3.22. The van der Waals surface area contributed by atoms with E-state index in [1.165, 1.54) is 12.1 Å². The van der Waals surface area contributed by atoms with Crippen molar-refractivity contribution in [2.75, 3.05) is 13.2 Å². The number of carbonyl (C=O) groups excluding carboxylic acids is 2. The molecule has 0 aliphatic heterocycles. The van der Waals surface area contributed by atoms with Crippen LogP contribution in [-0.4, -0.2) is 30.2 Å². The highest BCUT2D eigenvalue weighted by Gasteiger charge is 2.14. The van der Waals surface area contributed by atoms with Crippen LogP contribution in [0, 0.1) is 5.82 Å². The minimum absolute atomic E-state index is 0.0696. The summed E-state index contributed by atoms with van der Waals surface area (Å²) in [5, 5.41) is 7.24. The Morgan fingerprint density at radius 3 is 2.69 bits per heavy atom. The van der Waals surface area contributed by atoms with Gasteiger partial charge in [0.2, 0.25) is 0 Å². The number of nitrogens with one attached hydrogen (secondary N) is 1. The molecule has 0 unspecified atom stereocenters. The molecule has 3 aromatic rings. The van der Waals surface area contributed by atoms with Gasteiger partial charge in [0, 0.05) is 11.9 Å². The number of halogens is 1. The van der Waals surface area contributed by atoms with Gasteiger partial charge in [-0.25, -0.2) is 4.39 Å². The molecule has 1 heterocycles. The average Bonchev–Trinajstić information content (AvgIpc) is 3.05. The van der Waals surface area contributed by atoms with E-state index in [1.54, 1.807) is 24.3 Å². The first-order valence-electron chi connectivity index (χ1n) is 8.12. The number of rotatable bonds is 7. The molecule has 7 heteroatoms. The van der Waals surface area contributed by atoms with Crippen molar-refractivity contribution in [1.29, 1.82) is 0 Å². The number of aromatic nitrogens is 1. The van der Waals surface area contributed by atoms with Gasteiger partial charge in [0.05, 0.1) is 6.42 Å². The second-order valence-electron chi connectivity index (χ2n) is 5.69. The number of fused-ring (bicyclic) bond motifs is 1. The summed E-state index contributed by atoms with van der Waals surface area (Å²) >= 11 is 0. The van der Waals surface area contributed by atoms with Crippen LogP contribution in [0.1, 0.15) is 11.3 Å². The molecule has 0 atom stereocenters. The molecule has 3 rings (SSSR count). The Bertz CT molecular complexity index is 905. The molecular weight excluding hydrogens is 339 g/mol. The van der Waals surface area contributed by atoms with Gasteiger partial charge in [-0.3, -0.25) is 9.59 Å². The molecule has 0 saturated heterocycles. The number of benzene rings is 2. The number of para-hydroxylation sites is 1. The fourth-order valence-corrected chi connectivity index (χ4v) is 2.45. The Morgan fingerprint density at radius 1 is 1.12 bits per heavy atom. The van der Waals surface area contributed by atoms with E-state index in [2.05, 4.69) is 10.5 Å². The summed E-state index contributed by atoms with van der Waals surface area (Å²) in [5.41, 5.74) is 1.97. The van der Waals surface area contributed by atoms with E-state index in [0.29, 0.717) is 24.2 Å². The van der Waals surface area contributed by atoms with Crippen molar-refractivity contribution in [2.45, 2.75) is 12.8 Å². The van der Waals surface area contributed by atoms with Crippen LogP contribution in [0.2, 0.25) is 0 Å². The van der Waals surface area contributed by atoms with Gasteiger partial charge in [0.1, 0.15) is 11.5 Å². The maximum absolute atomic E-state index is 12.8. The van der Waals surface area contributed by atoms with Crippen LogP contribution >= 0.6 is 0 Å². The second-order valence-corrected chi connectivity index (χ2v) is 5.69. The van der Waals surface area contributed by atoms with Crippen molar-refractivity contribution in [3.63, 3.8) is 0 Å². The van der Waals surface area contributed by atoms with Gasteiger partial charge in [-0.15, -0.1) is 0 Å². The molecule has 1 N–H and O–H groups in total. The van der Waals surface area contributed by atoms with Crippen molar-refractivity contribution in [1.82, 2.24) is 10.5 Å². The smallest absolute Gasteiger partial charge is 0.312 e. The third kappa shape index (κ3) is 4.66. The zero-order chi connectivity index (χ0) is 18.4. The van der Waals surface area contributed by atoms with Crippen LogP contribution in [0.3, 0.4) is 0 Å². The largest absolute Gasteiger partial charge is 0.455 e. The number of hydrogen-bond acceptors (Lipinski definition) is 5. The lowest BCUT2D eigenvalue weighted by Gasteiger charge is -2.06. The first kappa shape index (κ1) is 17.6. The summed E-state index contributed by atoms with van der Waals surface area (Å²) in [6.07, 6.45) is 0.491. The van der Waals surface area contributed by atoms with Crippen molar-refractivity contribution in [2.24, 2.45) is 0 Å². The van der Waals surface area contributed by atoms with Crippen LogP contribution in [0.15, 0.2) is 53.1 Å². The molecule has 0 spiro atoms. The quantitative estimate of drug-likeness (QED) is 0.658. The first-order chi connectivity index (χ1) is 12.6. The van der Waals surface area contributed by atoms with Gasteiger partial charge < -0.3 is 14.6 Å². The third-order valence-corrected chi connectivity index (χ3v) is 3.78. The Morgan fingerprint density at radius 2 is 1.88 bits per heavy atom. The van der Waals surface area contributed by atoms with Gasteiger partial charge in [-0.2, -0.15) is 0 Å². The zero-order valence-corrected chi connectivity index (χ0v) is 13.9. The molecule has 0 aliphatic rings. The van der Waals surface area contributed by atoms with Crippen molar-refractivity contribution in [3.8, 4) is 0 Å².